The van der Waals surface area contributed by atoms with Crippen molar-refractivity contribution in [2.45, 2.75) is 168 Å². The predicted molar refractivity (Wildman–Crippen MR) is 165 cm³/mol. The summed E-state index contributed by atoms with van der Waals surface area (Å²) in [6.45, 7) is 16.7. The smallest absolute Gasteiger partial charge is 0.502 e. The second-order valence-electron chi connectivity index (χ2n) is 13.1. The number of rotatable bonds is 17. The van der Waals surface area contributed by atoms with E-state index in [0.717, 1.165) is 17.5 Å². The fourth-order valence-electron chi connectivity index (χ4n) is 4.86. The van der Waals surface area contributed by atoms with Crippen molar-refractivity contribution in [3.8, 4) is 5.75 Å². The Kier molecular flexibility index (Phi) is 19.6. The molecule has 1 aromatic rings. The number of hydrogen-bond acceptors (Lipinski definition) is 2. The Hall–Kier alpha value is -0.920. The Balaban J connectivity index is 0.00000300. The summed E-state index contributed by atoms with van der Waals surface area (Å²) in [5.74, 6) is 0.505. The molecular weight excluding hydrogens is 475 g/mol. The van der Waals surface area contributed by atoms with Crippen LogP contribution in [0.1, 0.15) is 168 Å². The van der Waals surface area contributed by atoms with Crippen LogP contribution in [0.3, 0.4) is 0 Å². The molecule has 2 N–H and O–H groups in total. The average Bonchev–Trinajstić information content (AvgIpc) is 2.77. The van der Waals surface area contributed by atoms with Gasteiger partial charge in [0.1, 0.15) is 5.75 Å². The van der Waals surface area contributed by atoms with Crippen molar-refractivity contribution in [3.63, 3.8) is 0 Å². The highest BCUT2D eigenvalue weighted by atomic mass is 31.1. The lowest BCUT2D eigenvalue weighted by molar-refractivity contribution is 0.422. The van der Waals surface area contributed by atoms with Gasteiger partial charge in [0.15, 0.2) is 6.66 Å². The van der Waals surface area contributed by atoms with Crippen LogP contribution in [0.4, 0.5) is 0 Å². The van der Waals surface area contributed by atoms with Crippen molar-refractivity contribution in [2.24, 2.45) is 0 Å². The zero-order chi connectivity index (χ0) is 28.3. The van der Waals surface area contributed by atoms with Crippen LogP contribution in [0.5, 0.6) is 5.75 Å². The number of aromatic hydroxyl groups is 1. The molecule has 0 saturated carbocycles. The summed E-state index contributed by atoms with van der Waals surface area (Å²) in [7, 11) is -1.87. The van der Waals surface area contributed by atoms with Gasteiger partial charge in [-0.15, -0.1) is 0 Å². The molecule has 1 atom stereocenters. The van der Waals surface area contributed by atoms with Crippen LogP contribution in [-0.2, 0) is 21.8 Å². The molecule has 1 unspecified atom stereocenters. The number of aryl methyl sites for hydroxylation is 1. The second-order valence-corrected chi connectivity index (χ2v) is 14.0. The van der Waals surface area contributed by atoms with E-state index < -0.39 is 8.03 Å². The van der Waals surface area contributed by atoms with Gasteiger partial charge in [-0.05, 0) is 44.9 Å². The maximum atomic E-state index is 10.9. The minimum atomic E-state index is -1.87. The maximum absolute atomic E-state index is 10.9. The van der Waals surface area contributed by atoms with Crippen molar-refractivity contribution >= 4 is 8.03 Å². The standard InChI is InChI=1S/C32H58O.CH3O2P/c1-8-9-10-11-12-13-14-15-16-17-18-19-20-21-22-23-24-27-25-28(31(2,3)4)30(33)29(26-27)32(5,6)7;1-4(2)3/h25-26,33H,8-24H2,1-7H3;1H3/p+1. The molecule has 0 radical (unpaired) electrons. The van der Waals surface area contributed by atoms with E-state index in [4.69, 9.17) is 9.46 Å². The molecule has 216 valence electrons. The van der Waals surface area contributed by atoms with Gasteiger partial charge in [0.2, 0.25) is 0 Å². The molecule has 0 aliphatic heterocycles. The first-order valence-electron chi connectivity index (χ1n) is 15.3. The largest absolute Gasteiger partial charge is 0.507 e. The van der Waals surface area contributed by atoms with E-state index in [1.54, 1.807) is 0 Å². The maximum Gasteiger partial charge on any atom is 0.502 e. The summed E-state index contributed by atoms with van der Waals surface area (Å²) >= 11 is 0. The average molecular weight is 538 g/mol. The highest BCUT2D eigenvalue weighted by Crippen LogP contribution is 2.40. The Morgan fingerprint density at radius 3 is 1.16 bits per heavy atom. The lowest BCUT2D eigenvalue weighted by atomic mass is 9.78. The summed E-state index contributed by atoms with van der Waals surface area (Å²) in [6, 6.07) is 4.52. The summed E-state index contributed by atoms with van der Waals surface area (Å²) in [5.41, 5.74) is 3.53. The van der Waals surface area contributed by atoms with Crippen LogP contribution in [0.25, 0.3) is 0 Å². The molecule has 0 bridgehead atoms. The van der Waals surface area contributed by atoms with E-state index in [-0.39, 0.29) is 10.8 Å². The molecule has 3 nitrogen and oxygen atoms in total. The molecule has 1 aromatic carbocycles. The molecule has 0 aliphatic carbocycles. The van der Waals surface area contributed by atoms with Gasteiger partial charge in [-0.1, -0.05) is 157 Å². The molecule has 1 rings (SSSR count). The van der Waals surface area contributed by atoms with Gasteiger partial charge in [-0.3, -0.25) is 0 Å². The number of hydrogen-bond donors (Lipinski definition) is 2. The first-order chi connectivity index (χ1) is 17.3. The SMILES string of the molecule is CCCCCCCCCCCCCCCCCCc1cc(C(C)(C)C)c(O)c(C(C)(C)C)c1.C[P+](=O)O. The normalized spacial score (nSPS) is 12.3. The van der Waals surface area contributed by atoms with Gasteiger partial charge >= 0.3 is 8.03 Å². The Morgan fingerprint density at radius 1 is 0.622 bits per heavy atom. The molecule has 0 saturated heterocycles. The highest BCUT2D eigenvalue weighted by molar-refractivity contribution is 7.36. The molecule has 0 amide bonds. The summed E-state index contributed by atoms with van der Waals surface area (Å²) in [6.07, 6.45) is 23.7. The Morgan fingerprint density at radius 2 is 0.892 bits per heavy atom. The number of unbranched alkanes of at least 4 members (excludes halogenated alkanes) is 15. The zero-order valence-electron chi connectivity index (χ0n) is 25.9. The van der Waals surface area contributed by atoms with Gasteiger partial charge in [0.25, 0.3) is 0 Å². The second kappa shape index (κ2) is 20.0. The fraction of sp³-hybridized carbons (Fsp3) is 0.818. The first-order valence-corrected chi connectivity index (χ1v) is 16.9. The topological polar surface area (TPSA) is 57.5 Å². The third-order valence-electron chi connectivity index (χ3n) is 7.10. The fourth-order valence-corrected chi connectivity index (χ4v) is 4.86. The minimum absolute atomic E-state index is 0.0330. The molecule has 4 heteroatoms. The van der Waals surface area contributed by atoms with Crippen molar-refractivity contribution in [2.75, 3.05) is 6.66 Å². The molecule has 0 spiro atoms. The van der Waals surface area contributed by atoms with Gasteiger partial charge in [0, 0.05) is 0 Å². The van der Waals surface area contributed by atoms with E-state index in [1.165, 1.54) is 115 Å². The monoisotopic (exact) mass is 537 g/mol. The van der Waals surface area contributed by atoms with Crippen molar-refractivity contribution < 1.29 is 14.6 Å². The van der Waals surface area contributed by atoms with Crippen LogP contribution >= 0.6 is 8.03 Å². The Bertz CT molecular complexity index is 689. The lowest BCUT2D eigenvalue weighted by Crippen LogP contribution is -2.18. The van der Waals surface area contributed by atoms with Gasteiger partial charge < -0.3 is 5.11 Å². The van der Waals surface area contributed by atoms with Crippen molar-refractivity contribution in [3.05, 3.63) is 28.8 Å². The summed E-state index contributed by atoms with van der Waals surface area (Å²) < 4.78 is 9.15. The molecule has 0 aromatic heterocycles. The predicted octanol–water partition coefficient (Wildman–Crippen LogP) is 11.1. The van der Waals surface area contributed by atoms with Crippen molar-refractivity contribution in [1.82, 2.24) is 0 Å². The number of phenolic OH excluding ortho intramolecular Hbond substituents is 1. The van der Waals surface area contributed by atoms with E-state index in [1.807, 2.05) is 0 Å². The third kappa shape index (κ3) is 18.9. The van der Waals surface area contributed by atoms with E-state index in [0.29, 0.717) is 5.75 Å². The first kappa shape index (κ1) is 36.1. The minimum Gasteiger partial charge on any atom is -0.507 e. The van der Waals surface area contributed by atoms with Crippen molar-refractivity contribution in [1.29, 1.82) is 0 Å². The molecule has 0 fully saturated rings. The van der Waals surface area contributed by atoms with E-state index in [9.17, 15) is 5.11 Å². The molecule has 37 heavy (non-hydrogen) atoms. The molecule has 0 aliphatic rings. The Labute approximate surface area is 232 Å². The zero-order valence-corrected chi connectivity index (χ0v) is 26.8. The number of phenols is 1. The van der Waals surface area contributed by atoms with E-state index in [2.05, 4.69) is 60.6 Å². The molecular formula is C33H62O3P+. The van der Waals surface area contributed by atoms with Gasteiger partial charge in [-0.25, -0.2) is 0 Å². The van der Waals surface area contributed by atoms with Crippen LogP contribution in [0.2, 0.25) is 0 Å². The van der Waals surface area contributed by atoms with Crippen LogP contribution in [0.15, 0.2) is 12.1 Å². The van der Waals surface area contributed by atoms with Gasteiger partial charge in [-0.2, -0.15) is 4.89 Å². The van der Waals surface area contributed by atoms with Crippen LogP contribution < -0.4 is 0 Å². The van der Waals surface area contributed by atoms with E-state index >= 15 is 0 Å². The van der Waals surface area contributed by atoms with Gasteiger partial charge in [0.05, 0.1) is 0 Å². The molecule has 0 heterocycles. The van der Waals surface area contributed by atoms with Crippen LogP contribution in [0, 0.1) is 0 Å². The quantitative estimate of drug-likeness (QED) is 0.153. The summed E-state index contributed by atoms with van der Waals surface area (Å²) in [5, 5.41) is 10.9. The lowest BCUT2D eigenvalue weighted by Gasteiger charge is -2.28. The third-order valence-corrected chi connectivity index (χ3v) is 7.10. The van der Waals surface area contributed by atoms with Crippen LogP contribution in [-0.4, -0.2) is 16.7 Å². The summed E-state index contributed by atoms with van der Waals surface area (Å²) in [4.78, 5) is 7.56. The highest BCUT2D eigenvalue weighted by Gasteiger charge is 2.26. The number of benzene rings is 1.